The Labute approximate surface area is 76.0 Å². The lowest BCUT2D eigenvalue weighted by Crippen LogP contribution is -2.18. The molecule has 0 heterocycles. The van der Waals surface area contributed by atoms with Crippen molar-refractivity contribution in [3.63, 3.8) is 0 Å². The van der Waals surface area contributed by atoms with Crippen LogP contribution < -0.4 is 0 Å². The van der Waals surface area contributed by atoms with Crippen LogP contribution in [0.2, 0.25) is 0 Å². The van der Waals surface area contributed by atoms with Gasteiger partial charge in [0.25, 0.3) is 0 Å². The molecule has 1 N–H and O–H groups in total. The molecule has 68 valence electrons. The zero-order chi connectivity index (χ0) is 9.84. The fraction of sp³-hybridized carbons (Fsp3) is 0.200. The van der Waals surface area contributed by atoms with Gasteiger partial charge in [0.05, 0.1) is 0 Å². The van der Waals surface area contributed by atoms with Crippen molar-refractivity contribution in [3.8, 4) is 0 Å². The van der Waals surface area contributed by atoms with Gasteiger partial charge >= 0.3 is 5.97 Å². The molecule has 1 aromatic rings. The molecule has 0 amide bonds. The maximum absolute atomic E-state index is 11.0. The number of aliphatic carboxylic acids is 1. The van der Waals surface area contributed by atoms with E-state index in [9.17, 15) is 9.59 Å². The van der Waals surface area contributed by atoms with Crippen molar-refractivity contribution in [2.75, 3.05) is 0 Å². The molecule has 0 saturated carbocycles. The fourth-order valence-corrected chi connectivity index (χ4v) is 1.20. The van der Waals surface area contributed by atoms with Gasteiger partial charge in [-0.05, 0) is 12.5 Å². The zero-order valence-electron chi connectivity index (χ0n) is 7.23. The van der Waals surface area contributed by atoms with Gasteiger partial charge in [0.15, 0.2) is 0 Å². The summed E-state index contributed by atoms with van der Waals surface area (Å²) in [6.07, 6.45) is 0. The van der Waals surface area contributed by atoms with E-state index in [1.807, 2.05) is 0 Å². The molecule has 0 aliphatic heterocycles. The Balaban J connectivity index is 3.03. The lowest BCUT2D eigenvalue weighted by Gasteiger charge is -2.07. The maximum atomic E-state index is 11.0. The van der Waals surface area contributed by atoms with Crippen molar-refractivity contribution >= 4 is 11.8 Å². The summed E-state index contributed by atoms with van der Waals surface area (Å²) in [6.45, 7) is 1.28. The molecular weight excluding hydrogens is 168 g/mol. The summed E-state index contributed by atoms with van der Waals surface area (Å²) in [5, 5.41) is 8.78. The van der Waals surface area contributed by atoms with Crippen molar-refractivity contribution in [1.29, 1.82) is 0 Å². The molecule has 1 atom stereocenters. The molecule has 1 rings (SSSR count). The molecule has 0 bridgehead atoms. The summed E-state index contributed by atoms with van der Waals surface area (Å²) in [6, 6.07) is 8.49. The van der Waals surface area contributed by atoms with Crippen molar-refractivity contribution in [1.82, 2.24) is 0 Å². The summed E-state index contributed by atoms with van der Waals surface area (Å²) >= 11 is 0. The molecule has 3 nitrogen and oxygen atoms in total. The van der Waals surface area contributed by atoms with Crippen LogP contribution in [0.3, 0.4) is 0 Å². The number of carboxylic acids is 1. The van der Waals surface area contributed by atoms with Crippen molar-refractivity contribution in [3.05, 3.63) is 35.9 Å². The molecule has 0 fully saturated rings. The van der Waals surface area contributed by atoms with E-state index in [0.29, 0.717) is 5.56 Å². The summed E-state index contributed by atoms with van der Waals surface area (Å²) < 4.78 is 0. The first-order chi connectivity index (χ1) is 6.13. The van der Waals surface area contributed by atoms with E-state index in [1.165, 1.54) is 6.92 Å². The third-order valence-electron chi connectivity index (χ3n) is 1.79. The Morgan fingerprint density at radius 3 is 2.15 bits per heavy atom. The van der Waals surface area contributed by atoms with Crippen LogP contribution in [-0.2, 0) is 9.59 Å². The Morgan fingerprint density at radius 2 is 1.77 bits per heavy atom. The summed E-state index contributed by atoms with van der Waals surface area (Å²) in [5.41, 5.74) is 0.530. The lowest BCUT2D eigenvalue weighted by molar-refractivity contribution is -0.142. The van der Waals surface area contributed by atoms with Crippen LogP contribution in [-0.4, -0.2) is 16.9 Å². The molecule has 0 aromatic heterocycles. The molecule has 1 unspecified atom stereocenters. The van der Waals surface area contributed by atoms with Gasteiger partial charge in [-0.2, -0.15) is 0 Å². The van der Waals surface area contributed by atoms with Gasteiger partial charge in [-0.1, -0.05) is 30.3 Å². The topological polar surface area (TPSA) is 54.4 Å². The third-order valence-corrected chi connectivity index (χ3v) is 1.79. The number of hydrogen-bond donors (Lipinski definition) is 1. The molecule has 0 aliphatic rings. The van der Waals surface area contributed by atoms with Crippen LogP contribution >= 0.6 is 0 Å². The van der Waals surface area contributed by atoms with Crippen LogP contribution in [0.15, 0.2) is 30.3 Å². The van der Waals surface area contributed by atoms with Gasteiger partial charge in [0.1, 0.15) is 11.7 Å². The maximum Gasteiger partial charge on any atom is 0.318 e. The SMILES string of the molecule is CC(=O)C(C(=O)O)c1ccccc1. The largest absolute Gasteiger partial charge is 0.480 e. The van der Waals surface area contributed by atoms with Crippen LogP contribution in [0.25, 0.3) is 0 Å². The molecule has 0 radical (unpaired) electrons. The zero-order valence-corrected chi connectivity index (χ0v) is 7.23. The highest BCUT2D eigenvalue weighted by molar-refractivity contribution is 6.02. The van der Waals surface area contributed by atoms with Gasteiger partial charge in [0.2, 0.25) is 0 Å². The van der Waals surface area contributed by atoms with Gasteiger partial charge in [-0.25, -0.2) is 0 Å². The molecule has 0 spiro atoms. The Morgan fingerprint density at radius 1 is 1.23 bits per heavy atom. The fourth-order valence-electron chi connectivity index (χ4n) is 1.20. The number of ketones is 1. The minimum Gasteiger partial charge on any atom is -0.480 e. The first-order valence-corrected chi connectivity index (χ1v) is 3.91. The number of carboxylic acid groups (broad SMARTS) is 1. The third kappa shape index (κ3) is 2.15. The second-order valence-corrected chi connectivity index (χ2v) is 2.79. The van der Waals surface area contributed by atoms with Gasteiger partial charge in [-0.15, -0.1) is 0 Å². The second-order valence-electron chi connectivity index (χ2n) is 2.79. The van der Waals surface area contributed by atoms with Gasteiger partial charge < -0.3 is 5.11 Å². The number of Topliss-reactive ketones (excluding diaryl/α,β-unsaturated/α-hetero) is 1. The van der Waals surface area contributed by atoms with Crippen LogP contribution in [0.5, 0.6) is 0 Å². The quantitative estimate of drug-likeness (QED) is 0.712. The second kappa shape index (κ2) is 3.85. The lowest BCUT2D eigenvalue weighted by atomic mass is 9.96. The van der Waals surface area contributed by atoms with E-state index in [2.05, 4.69) is 0 Å². The Kier molecular flexibility index (Phi) is 2.80. The number of carbonyl (C=O) groups is 2. The average Bonchev–Trinajstić information content (AvgIpc) is 2.04. The summed E-state index contributed by atoms with van der Waals surface area (Å²) in [4.78, 5) is 21.7. The monoisotopic (exact) mass is 178 g/mol. The van der Waals surface area contributed by atoms with E-state index in [-0.39, 0.29) is 5.78 Å². The van der Waals surface area contributed by atoms with Gasteiger partial charge in [0, 0.05) is 0 Å². The van der Waals surface area contributed by atoms with E-state index >= 15 is 0 Å². The van der Waals surface area contributed by atoms with Crippen LogP contribution in [0.4, 0.5) is 0 Å². The number of benzene rings is 1. The van der Waals surface area contributed by atoms with Crippen molar-refractivity contribution < 1.29 is 14.7 Å². The number of carbonyl (C=O) groups excluding carboxylic acids is 1. The minimum atomic E-state index is -1.10. The first-order valence-electron chi connectivity index (χ1n) is 3.91. The highest BCUT2D eigenvalue weighted by Crippen LogP contribution is 2.16. The molecule has 1 aromatic carbocycles. The highest BCUT2D eigenvalue weighted by atomic mass is 16.4. The van der Waals surface area contributed by atoms with E-state index in [1.54, 1.807) is 30.3 Å². The van der Waals surface area contributed by atoms with E-state index in [0.717, 1.165) is 0 Å². The Bertz CT molecular complexity index is 302. The van der Waals surface area contributed by atoms with Crippen molar-refractivity contribution in [2.45, 2.75) is 12.8 Å². The predicted molar refractivity (Wildman–Crippen MR) is 47.5 cm³/mol. The highest BCUT2D eigenvalue weighted by Gasteiger charge is 2.23. The van der Waals surface area contributed by atoms with Crippen LogP contribution in [0, 0.1) is 0 Å². The molecule has 0 aliphatic carbocycles. The van der Waals surface area contributed by atoms with Gasteiger partial charge in [-0.3, -0.25) is 9.59 Å². The normalized spacial score (nSPS) is 12.1. The number of rotatable bonds is 3. The molecular formula is C10H10O3. The smallest absolute Gasteiger partial charge is 0.318 e. The molecule has 3 heteroatoms. The first kappa shape index (κ1) is 9.45. The predicted octanol–water partition coefficient (Wildman–Crippen LogP) is 1.44. The average molecular weight is 178 g/mol. The Hall–Kier alpha value is -1.64. The molecule has 13 heavy (non-hydrogen) atoms. The standard InChI is InChI=1S/C10H10O3/c1-7(11)9(10(12)13)8-5-3-2-4-6-8/h2-6,9H,1H3,(H,12,13). The summed E-state index contributed by atoms with van der Waals surface area (Å²) in [5.74, 6) is -2.47. The number of hydrogen-bond acceptors (Lipinski definition) is 2. The van der Waals surface area contributed by atoms with E-state index < -0.39 is 11.9 Å². The van der Waals surface area contributed by atoms with Crippen molar-refractivity contribution in [2.24, 2.45) is 0 Å². The van der Waals surface area contributed by atoms with Crippen LogP contribution in [0.1, 0.15) is 18.4 Å². The summed E-state index contributed by atoms with van der Waals surface area (Å²) in [7, 11) is 0. The van der Waals surface area contributed by atoms with E-state index in [4.69, 9.17) is 5.11 Å². The minimum absolute atomic E-state index is 0.348. The molecule has 0 saturated heterocycles.